The SMILES string of the molecule is Cc1ccc(Nc2ccc3c(c2N)C(=O)c2ccccc2C3=O)cc1. The quantitative estimate of drug-likeness (QED) is 0.544. The van der Waals surface area contributed by atoms with Crippen molar-refractivity contribution in [1.82, 2.24) is 0 Å². The lowest BCUT2D eigenvalue weighted by Gasteiger charge is -2.21. The van der Waals surface area contributed by atoms with Gasteiger partial charge in [0.2, 0.25) is 0 Å². The van der Waals surface area contributed by atoms with Crippen LogP contribution in [0.1, 0.15) is 37.4 Å². The van der Waals surface area contributed by atoms with Gasteiger partial charge in [0.25, 0.3) is 0 Å². The fourth-order valence-electron chi connectivity index (χ4n) is 3.11. The summed E-state index contributed by atoms with van der Waals surface area (Å²) in [6.45, 7) is 2.01. The molecule has 1 aliphatic carbocycles. The Kier molecular flexibility index (Phi) is 3.39. The second-order valence-corrected chi connectivity index (χ2v) is 6.14. The topological polar surface area (TPSA) is 72.2 Å². The number of anilines is 3. The van der Waals surface area contributed by atoms with Crippen LogP contribution in [0.2, 0.25) is 0 Å². The zero-order valence-corrected chi connectivity index (χ0v) is 13.7. The molecule has 25 heavy (non-hydrogen) atoms. The van der Waals surface area contributed by atoms with E-state index in [2.05, 4.69) is 5.32 Å². The molecule has 0 unspecified atom stereocenters. The molecular weight excluding hydrogens is 312 g/mol. The predicted octanol–water partition coefficient (Wildman–Crippen LogP) is 4.10. The fraction of sp³-hybridized carbons (Fsp3) is 0.0476. The van der Waals surface area contributed by atoms with E-state index in [0.717, 1.165) is 11.3 Å². The maximum atomic E-state index is 12.9. The van der Waals surface area contributed by atoms with E-state index in [9.17, 15) is 9.59 Å². The second-order valence-electron chi connectivity index (χ2n) is 6.14. The van der Waals surface area contributed by atoms with Crippen molar-refractivity contribution >= 4 is 28.6 Å². The lowest BCUT2D eigenvalue weighted by molar-refractivity contribution is 0.0980. The van der Waals surface area contributed by atoms with Crippen LogP contribution in [-0.4, -0.2) is 11.6 Å². The molecule has 3 aromatic rings. The van der Waals surface area contributed by atoms with Crippen molar-refractivity contribution in [3.63, 3.8) is 0 Å². The van der Waals surface area contributed by atoms with Gasteiger partial charge in [-0.05, 0) is 31.2 Å². The van der Waals surface area contributed by atoms with Crippen LogP contribution in [0.25, 0.3) is 0 Å². The monoisotopic (exact) mass is 328 g/mol. The van der Waals surface area contributed by atoms with Crippen LogP contribution >= 0.6 is 0 Å². The Morgan fingerprint density at radius 3 is 2.08 bits per heavy atom. The third-order valence-corrected chi connectivity index (χ3v) is 4.46. The van der Waals surface area contributed by atoms with Gasteiger partial charge in [0, 0.05) is 22.4 Å². The Morgan fingerprint density at radius 1 is 0.760 bits per heavy atom. The number of hydrogen-bond donors (Lipinski definition) is 2. The summed E-state index contributed by atoms with van der Waals surface area (Å²) in [6, 6.07) is 18.1. The standard InChI is InChI=1S/C21H16N2O2/c1-12-6-8-13(9-7-12)23-17-11-10-16-18(19(17)22)21(25)15-5-3-2-4-14(15)20(16)24/h2-11,23H,22H2,1H3. The number of hydrogen-bond acceptors (Lipinski definition) is 4. The molecule has 4 nitrogen and oxygen atoms in total. The van der Waals surface area contributed by atoms with Crippen LogP contribution in [0.5, 0.6) is 0 Å². The van der Waals surface area contributed by atoms with Crippen molar-refractivity contribution in [2.75, 3.05) is 11.1 Å². The molecule has 0 spiro atoms. The first-order chi connectivity index (χ1) is 12.1. The number of nitrogens with two attached hydrogens (primary N) is 1. The summed E-state index contributed by atoms with van der Waals surface area (Å²) in [7, 11) is 0. The number of nitrogens with one attached hydrogen (secondary N) is 1. The van der Waals surface area contributed by atoms with Gasteiger partial charge in [0.1, 0.15) is 0 Å². The number of ketones is 2. The molecule has 4 heteroatoms. The van der Waals surface area contributed by atoms with Crippen molar-refractivity contribution < 1.29 is 9.59 Å². The summed E-state index contributed by atoms with van der Waals surface area (Å²) < 4.78 is 0. The highest BCUT2D eigenvalue weighted by atomic mass is 16.1. The van der Waals surface area contributed by atoms with E-state index >= 15 is 0 Å². The fourth-order valence-corrected chi connectivity index (χ4v) is 3.11. The van der Waals surface area contributed by atoms with E-state index in [0.29, 0.717) is 28.1 Å². The summed E-state index contributed by atoms with van der Waals surface area (Å²) in [4.78, 5) is 25.5. The number of nitrogen functional groups attached to an aromatic ring is 1. The highest BCUT2D eigenvalue weighted by Gasteiger charge is 2.31. The third-order valence-electron chi connectivity index (χ3n) is 4.46. The molecule has 0 heterocycles. The first kappa shape index (κ1) is 15.1. The zero-order valence-electron chi connectivity index (χ0n) is 13.7. The van der Waals surface area contributed by atoms with Crippen molar-refractivity contribution in [2.45, 2.75) is 6.92 Å². The van der Waals surface area contributed by atoms with Crippen molar-refractivity contribution in [1.29, 1.82) is 0 Å². The molecule has 4 rings (SSSR count). The Morgan fingerprint density at radius 2 is 1.40 bits per heavy atom. The van der Waals surface area contributed by atoms with E-state index < -0.39 is 0 Å². The lowest BCUT2D eigenvalue weighted by Crippen LogP contribution is -2.22. The average molecular weight is 328 g/mol. The Hall–Kier alpha value is -3.40. The van der Waals surface area contributed by atoms with Gasteiger partial charge in [0.15, 0.2) is 11.6 Å². The Bertz CT molecular complexity index is 1020. The predicted molar refractivity (Wildman–Crippen MR) is 98.6 cm³/mol. The number of fused-ring (bicyclic) bond motifs is 2. The largest absolute Gasteiger partial charge is 0.396 e. The summed E-state index contributed by atoms with van der Waals surface area (Å²) in [5, 5.41) is 3.22. The summed E-state index contributed by atoms with van der Waals surface area (Å²) in [5.74, 6) is -0.381. The lowest BCUT2D eigenvalue weighted by atomic mass is 9.83. The Balaban J connectivity index is 1.81. The number of rotatable bonds is 2. The average Bonchev–Trinajstić information content (AvgIpc) is 2.63. The molecule has 0 radical (unpaired) electrons. The molecule has 0 amide bonds. The molecule has 1 aliphatic rings. The minimum atomic E-state index is -0.213. The maximum absolute atomic E-state index is 12.9. The van der Waals surface area contributed by atoms with Crippen LogP contribution in [0.15, 0.2) is 60.7 Å². The molecular formula is C21H16N2O2. The van der Waals surface area contributed by atoms with E-state index in [4.69, 9.17) is 5.73 Å². The molecule has 3 N–H and O–H groups in total. The summed E-state index contributed by atoms with van der Waals surface area (Å²) >= 11 is 0. The first-order valence-corrected chi connectivity index (χ1v) is 8.01. The summed E-state index contributed by atoms with van der Waals surface area (Å²) in [6.07, 6.45) is 0. The van der Waals surface area contributed by atoms with Gasteiger partial charge < -0.3 is 11.1 Å². The molecule has 3 aromatic carbocycles. The van der Waals surface area contributed by atoms with Crippen LogP contribution in [0, 0.1) is 6.92 Å². The minimum absolute atomic E-state index is 0.168. The van der Waals surface area contributed by atoms with Crippen LogP contribution in [0.4, 0.5) is 17.1 Å². The second kappa shape index (κ2) is 5.60. The maximum Gasteiger partial charge on any atom is 0.196 e. The van der Waals surface area contributed by atoms with E-state index in [1.54, 1.807) is 36.4 Å². The molecule has 0 saturated heterocycles. The Labute approximate surface area is 145 Å². The van der Waals surface area contributed by atoms with Gasteiger partial charge in [-0.25, -0.2) is 0 Å². The van der Waals surface area contributed by atoms with Crippen LogP contribution < -0.4 is 11.1 Å². The van der Waals surface area contributed by atoms with Gasteiger partial charge in [-0.2, -0.15) is 0 Å². The number of aryl methyl sites for hydroxylation is 1. The minimum Gasteiger partial charge on any atom is -0.396 e. The van der Waals surface area contributed by atoms with Gasteiger partial charge in [-0.15, -0.1) is 0 Å². The molecule has 0 fully saturated rings. The molecule has 0 atom stereocenters. The molecule has 0 aliphatic heterocycles. The number of carbonyl (C=O) groups is 2. The van der Waals surface area contributed by atoms with Gasteiger partial charge in [-0.3, -0.25) is 9.59 Å². The van der Waals surface area contributed by atoms with E-state index in [1.807, 2.05) is 31.2 Å². The number of carbonyl (C=O) groups excluding carboxylic acids is 2. The molecule has 0 aromatic heterocycles. The van der Waals surface area contributed by atoms with Crippen molar-refractivity contribution in [2.24, 2.45) is 0 Å². The van der Waals surface area contributed by atoms with Gasteiger partial charge >= 0.3 is 0 Å². The molecule has 0 bridgehead atoms. The molecule has 122 valence electrons. The smallest absolute Gasteiger partial charge is 0.196 e. The van der Waals surface area contributed by atoms with Gasteiger partial charge in [-0.1, -0.05) is 42.0 Å². The highest BCUT2D eigenvalue weighted by Crippen LogP contribution is 2.35. The van der Waals surface area contributed by atoms with Crippen molar-refractivity contribution in [3.05, 3.63) is 88.5 Å². The van der Waals surface area contributed by atoms with Gasteiger partial charge in [0.05, 0.1) is 16.9 Å². The third kappa shape index (κ3) is 2.39. The number of benzene rings is 3. The van der Waals surface area contributed by atoms with E-state index in [1.165, 1.54) is 0 Å². The van der Waals surface area contributed by atoms with Crippen LogP contribution in [0.3, 0.4) is 0 Å². The first-order valence-electron chi connectivity index (χ1n) is 8.01. The molecule has 0 saturated carbocycles. The van der Waals surface area contributed by atoms with E-state index in [-0.39, 0.29) is 17.1 Å². The normalized spacial score (nSPS) is 12.5. The summed E-state index contributed by atoms with van der Waals surface area (Å²) in [5.41, 5.74) is 10.7. The zero-order chi connectivity index (χ0) is 17.6. The highest BCUT2D eigenvalue weighted by molar-refractivity contribution is 6.30. The van der Waals surface area contributed by atoms with Crippen molar-refractivity contribution in [3.8, 4) is 0 Å². The van der Waals surface area contributed by atoms with Crippen LogP contribution in [-0.2, 0) is 0 Å².